The van der Waals surface area contributed by atoms with E-state index in [1.54, 1.807) is 0 Å². The van der Waals surface area contributed by atoms with Gasteiger partial charge in [-0.15, -0.1) is 0 Å². The summed E-state index contributed by atoms with van der Waals surface area (Å²) in [7, 11) is -0.933. The average molecular weight is 331 g/mol. The van der Waals surface area contributed by atoms with Crippen LogP contribution in [0, 0.1) is 6.92 Å². The monoisotopic (exact) mass is 330 g/mol. The fraction of sp³-hybridized carbons (Fsp3) is 0.136. The summed E-state index contributed by atoms with van der Waals surface area (Å²) in [6.07, 6.45) is 0. The highest BCUT2D eigenvalue weighted by molar-refractivity contribution is 6.71. The molecule has 0 N–H and O–H groups in total. The van der Waals surface area contributed by atoms with Gasteiger partial charge in [-0.25, -0.2) is 0 Å². The van der Waals surface area contributed by atoms with Gasteiger partial charge in [0.1, 0.15) is 0 Å². The Kier molecular flexibility index (Phi) is 4.77. The number of carbonyl (C=O) groups excluding carboxylic acids is 1. The molecule has 3 rings (SSSR count). The van der Waals surface area contributed by atoms with Crippen molar-refractivity contribution in [3.63, 3.8) is 0 Å². The van der Waals surface area contributed by atoms with E-state index in [9.17, 15) is 4.79 Å². The molecule has 0 atom stereocenters. The van der Waals surface area contributed by atoms with E-state index in [2.05, 4.69) is 38.2 Å². The maximum Gasteiger partial charge on any atom is 0.193 e. The molecule has 2 heteroatoms. The van der Waals surface area contributed by atoms with Crippen LogP contribution in [0.3, 0.4) is 0 Å². The second-order valence-corrected chi connectivity index (χ2v) is 9.38. The fourth-order valence-electron chi connectivity index (χ4n) is 3.13. The minimum Gasteiger partial charge on any atom is -0.289 e. The van der Waals surface area contributed by atoms with Gasteiger partial charge in [0.05, 0.1) is 8.80 Å². The Morgan fingerprint density at radius 1 is 0.750 bits per heavy atom. The molecule has 0 heterocycles. The first kappa shape index (κ1) is 16.4. The van der Waals surface area contributed by atoms with Crippen molar-refractivity contribution < 1.29 is 4.79 Å². The van der Waals surface area contributed by atoms with E-state index >= 15 is 0 Å². The quantitative estimate of drug-likeness (QED) is 0.505. The van der Waals surface area contributed by atoms with Gasteiger partial charge in [-0.1, -0.05) is 91.1 Å². The highest BCUT2D eigenvalue weighted by atomic mass is 28.3. The van der Waals surface area contributed by atoms with Crippen LogP contribution in [-0.4, -0.2) is 14.6 Å². The van der Waals surface area contributed by atoms with Crippen LogP contribution in [0.25, 0.3) is 11.1 Å². The Morgan fingerprint density at radius 2 is 1.38 bits per heavy atom. The Bertz CT molecular complexity index is 849. The second-order valence-electron chi connectivity index (χ2n) is 6.45. The third-order valence-electron chi connectivity index (χ3n) is 4.50. The fourth-order valence-corrected chi connectivity index (χ4v) is 4.64. The minimum atomic E-state index is -0.933. The molecule has 0 aliphatic rings. The zero-order valence-electron chi connectivity index (χ0n) is 14.4. The predicted molar refractivity (Wildman–Crippen MR) is 105 cm³/mol. The molecule has 3 aromatic rings. The Balaban J connectivity index is 1.93. The van der Waals surface area contributed by atoms with Crippen LogP contribution in [0.2, 0.25) is 13.1 Å². The number of ketones is 1. The molecule has 1 nitrogen and oxygen atoms in total. The van der Waals surface area contributed by atoms with E-state index in [1.807, 2.05) is 54.6 Å². The largest absolute Gasteiger partial charge is 0.289 e. The third-order valence-corrected chi connectivity index (χ3v) is 6.37. The molecular weight excluding hydrogens is 308 g/mol. The molecule has 0 aliphatic carbocycles. The summed E-state index contributed by atoms with van der Waals surface area (Å²) < 4.78 is 0. The van der Waals surface area contributed by atoms with Crippen molar-refractivity contribution in [2.45, 2.75) is 20.0 Å². The van der Waals surface area contributed by atoms with Crippen LogP contribution >= 0.6 is 0 Å². The van der Waals surface area contributed by atoms with Gasteiger partial charge in [-0.05, 0) is 23.6 Å². The van der Waals surface area contributed by atoms with Gasteiger partial charge in [-0.3, -0.25) is 4.79 Å². The molecule has 0 radical (unpaired) electrons. The summed E-state index contributed by atoms with van der Waals surface area (Å²) in [4.78, 5) is 12.9. The van der Waals surface area contributed by atoms with E-state index in [1.165, 1.54) is 10.8 Å². The molecule has 0 saturated heterocycles. The summed E-state index contributed by atoms with van der Waals surface area (Å²) in [6.45, 7) is 6.67. The van der Waals surface area contributed by atoms with Gasteiger partial charge >= 0.3 is 0 Å². The molecule has 0 spiro atoms. The Labute approximate surface area is 145 Å². The number of hydrogen-bond donors (Lipinski definition) is 0. The molecule has 0 aliphatic heterocycles. The van der Waals surface area contributed by atoms with Gasteiger partial charge in [0.15, 0.2) is 5.78 Å². The number of carbonyl (C=O) groups is 1. The lowest BCUT2D eigenvalue weighted by Gasteiger charge is -2.13. The van der Waals surface area contributed by atoms with Crippen molar-refractivity contribution in [2.75, 3.05) is 0 Å². The number of benzene rings is 3. The molecule has 120 valence electrons. The Hall–Kier alpha value is -2.45. The molecule has 0 amide bonds. The van der Waals surface area contributed by atoms with Gasteiger partial charge in [0.2, 0.25) is 0 Å². The molecule has 3 aromatic carbocycles. The number of hydrogen-bond acceptors (Lipinski definition) is 1. The molecule has 0 aromatic heterocycles. The molecule has 0 fully saturated rings. The van der Waals surface area contributed by atoms with Crippen LogP contribution in [-0.2, 0) is 0 Å². The van der Waals surface area contributed by atoms with Gasteiger partial charge in [0.25, 0.3) is 0 Å². The van der Waals surface area contributed by atoms with Crippen LogP contribution in [0.1, 0.15) is 21.5 Å². The summed E-state index contributed by atoms with van der Waals surface area (Å²) in [5.74, 6) is 0.114. The maximum absolute atomic E-state index is 12.9. The lowest BCUT2D eigenvalue weighted by molar-refractivity contribution is 0.103. The maximum atomic E-state index is 12.9. The van der Waals surface area contributed by atoms with Crippen molar-refractivity contribution in [3.8, 4) is 11.1 Å². The van der Waals surface area contributed by atoms with Crippen molar-refractivity contribution in [3.05, 3.63) is 89.5 Å². The van der Waals surface area contributed by atoms with E-state index in [0.717, 1.165) is 22.3 Å². The zero-order valence-corrected chi connectivity index (χ0v) is 15.6. The predicted octanol–water partition coefficient (Wildman–Crippen LogP) is 4.59. The normalized spacial score (nSPS) is 10.8. The first-order chi connectivity index (χ1) is 11.6. The zero-order chi connectivity index (χ0) is 17.1. The van der Waals surface area contributed by atoms with Crippen LogP contribution < -0.4 is 5.19 Å². The van der Waals surface area contributed by atoms with Crippen molar-refractivity contribution in [2.24, 2.45) is 0 Å². The Morgan fingerprint density at radius 3 is 2.00 bits per heavy atom. The molecule has 0 bridgehead atoms. The average Bonchev–Trinajstić information content (AvgIpc) is 2.62. The van der Waals surface area contributed by atoms with Crippen molar-refractivity contribution >= 4 is 19.8 Å². The minimum absolute atomic E-state index is 0.114. The van der Waals surface area contributed by atoms with Crippen molar-refractivity contribution in [1.29, 1.82) is 0 Å². The summed E-state index contributed by atoms with van der Waals surface area (Å²) in [6, 6.07) is 24.3. The number of rotatable bonds is 4. The third kappa shape index (κ3) is 3.24. The second kappa shape index (κ2) is 6.98. The molecular formula is C22H22OSi. The first-order valence-electron chi connectivity index (χ1n) is 8.37. The van der Waals surface area contributed by atoms with E-state index in [0.29, 0.717) is 0 Å². The first-order valence-corrected chi connectivity index (χ1v) is 11.3. The van der Waals surface area contributed by atoms with Gasteiger partial charge in [-0.2, -0.15) is 0 Å². The van der Waals surface area contributed by atoms with Crippen molar-refractivity contribution in [1.82, 2.24) is 0 Å². The van der Waals surface area contributed by atoms with Crippen LogP contribution in [0.4, 0.5) is 0 Å². The SMILES string of the molecule is Cc1c(C(=O)c2ccc(-c3ccccc3)cc2)cccc1[SiH](C)C. The molecule has 0 unspecified atom stereocenters. The standard InChI is InChI=1S/C22H22OSi/c1-16-20(10-7-11-21(16)24(2)3)22(23)19-14-12-18(13-15-19)17-8-5-4-6-9-17/h4-15,24H,1-3H3. The summed E-state index contributed by atoms with van der Waals surface area (Å²) in [5.41, 5.74) is 5.03. The highest BCUT2D eigenvalue weighted by Gasteiger charge is 2.15. The highest BCUT2D eigenvalue weighted by Crippen LogP contribution is 2.21. The smallest absolute Gasteiger partial charge is 0.193 e. The topological polar surface area (TPSA) is 17.1 Å². The van der Waals surface area contributed by atoms with E-state index in [4.69, 9.17) is 0 Å². The lowest BCUT2D eigenvalue weighted by atomic mass is 9.97. The summed E-state index contributed by atoms with van der Waals surface area (Å²) in [5, 5.41) is 1.38. The van der Waals surface area contributed by atoms with Gasteiger partial charge < -0.3 is 0 Å². The van der Waals surface area contributed by atoms with Crippen LogP contribution in [0.15, 0.2) is 72.8 Å². The van der Waals surface area contributed by atoms with E-state index < -0.39 is 8.80 Å². The van der Waals surface area contributed by atoms with Gasteiger partial charge in [0, 0.05) is 11.1 Å². The van der Waals surface area contributed by atoms with E-state index in [-0.39, 0.29) is 5.78 Å². The summed E-state index contributed by atoms with van der Waals surface area (Å²) >= 11 is 0. The molecule has 24 heavy (non-hydrogen) atoms. The lowest BCUT2D eigenvalue weighted by Crippen LogP contribution is -2.27. The van der Waals surface area contributed by atoms with Crippen LogP contribution in [0.5, 0.6) is 0 Å². The molecule has 0 saturated carbocycles.